The Morgan fingerprint density at radius 1 is 1.37 bits per heavy atom. The highest BCUT2D eigenvalue weighted by molar-refractivity contribution is 7.89. The average molecular weight is 283 g/mol. The van der Waals surface area contributed by atoms with Crippen molar-refractivity contribution in [3.05, 3.63) is 29.8 Å². The Bertz CT molecular complexity index is 611. The second kappa shape index (κ2) is 4.61. The van der Waals surface area contributed by atoms with Crippen molar-refractivity contribution in [1.29, 1.82) is 0 Å². The van der Waals surface area contributed by atoms with Crippen LogP contribution in [-0.4, -0.2) is 36.9 Å². The van der Waals surface area contributed by atoms with Crippen LogP contribution in [0.4, 0.5) is 0 Å². The predicted octanol–water partition coefficient (Wildman–Crippen LogP) is 1.48. The first kappa shape index (κ1) is 14.0. The van der Waals surface area contributed by atoms with Crippen molar-refractivity contribution in [2.75, 3.05) is 13.1 Å². The van der Waals surface area contributed by atoms with E-state index in [1.54, 1.807) is 38.1 Å². The predicted molar refractivity (Wildman–Crippen MR) is 70.3 cm³/mol. The summed E-state index contributed by atoms with van der Waals surface area (Å²) in [5, 5.41) is 9.16. The monoisotopic (exact) mass is 283 g/mol. The van der Waals surface area contributed by atoms with Crippen LogP contribution in [0.25, 0.3) is 0 Å². The highest BCUT2D eigenvalue weighted by Crippen LogP contribution is 2.34. The second-order valence-corrected chi connectivity index (χ2v) is 7.13. The standard InChI is InChI=1S/C13H17NO4S/c1-10-5-3-4-6-11(10)19(17,18)14-8-7-13(2,9-14)12(15)16/h3-6H,7-9H2,1-2H3,(H,15,16). The average Bonchev–Trinajstić information content (AvgIpc) is 2.74. The van der Waals surface area contributed by atoms with Crippen molar-refractivity contribution < 1.29 is 18.3 Å². The fraction of sp³-hybridized carbons (Fsp3) is 0.462. The van der Waals surface area contributed by atoms with Crippen molar-refractivity contribution in [3.8, 4) is 0 Å². The van der Waals surface area contributed by atoms with Gasteiger partial charge in [-0.1, -0.05) is 18.2 Å². The van der Waals surface area contributed by atoms with Gasteiger partial charge in [-0.3, -0.25) is 4.79 Å². The Labute approximate surface area is 112 Å². The van der Waals surface area contributed by atoms with Crippen LogP contribution in [0.2, 0.25) is 0 Å². The quantitative estimate of drug-likeness (QED) is 0.911. The third-order valence-corrected chi connectivity index (χ3v) is 5.67. The number of sulfonamides is 1. The van der Waals surface area contributed by atoms with E-state index in [9.17, 15) is 13.2 Å². The highest BCUT2D eigenvalue weighted by Gasteiger charge is 2.45. The molecule has 0 spiro atoms. The van der Waals surface area contributed by atoms with Crippen LogP contribution < -0.4 is 0 Å². The minimum absolute atomic E-state index is 0.0268. The van der Waals surface area contributed by atoms with Gasteiger partial charge in [-0.2, -0.15) is 4.31 Å². The Hall–Kier alpha value is -1.40. The van der Waals surface area contributed by atoms with Crippen LogP contribution >= 0.6 is 0 Å². The molecule has 1 fully saturated rings. The van der Waals surface area contributed by atoms with Gasteiger partial charge in [-0.15, -0.1) is 0 Å². The molecule has 0 bridgehead atoms. The zero-order valence-corrected chi connectivity index (χ0v) is 11.8. The summed E-state index contributed by atoms with van der Waals surface area (Å²) in [7, 11) is -3.60. The molecule has 1 aromatic carbocycles. The maximum absolute atomic E-state index is 12.5. The molecule has 1 aliphatic heterocycles. The van der Waals surface area contributed by atoms with E-state index in [0.29, 0.717) is 12.0 Å². The van der Waals surface area contributed by atoms with Crippen LogP contribution in [0.3, 0.4) is 0 Å². The molecule has 1 N–H and O–H groups in total. The summed E-state index contributed by atoms with van der Waals surface area (Å²) in [5.74, 6) is -0.949. The molecule has 0 radical (unpaired) electrons. The molecule has 19 heavy (non-hydrogen) atoms. The number of carbonyl (C=O) groups is 1. The van der Waals surface area contributed by atoms with E-state index in [1.165, 1.54) is 4.31 Å². The minimum Gasteiger partial charge on any atom is -0.481 e. The van der Waals surface area contributed by atoms with Crippen molar-refractivity contribution in [2.24, 2.45) is 5.41 Å². The second-order valence-electron chi connectivity index (χ2n) is 5.22. The van der Waals surface area contributed by atoms with Gasteiger partial charge in [0.2, 0.25) is 10.0 Å². The molecular formula is C13H17NO4S. The van der Waals surface area contributed by atoms with Crippen LogP contribution in [0.5, 0.6) is 0 Å². The fourth-order valence-electron chi connectivity index (χ4n) is 2.28. The number of hydrogen-bond acceptors (Lipinski definition) is 3. The number of hydrogen-bond donors (Lipinski definition) is 1. The van der Waals surface area contributed by atoms with Crippen molar-refractivity contribution in [2.45, 2.75) is 25.2 Å². The van der Waals surface area contributed by atoms with Crippen LogP contribution in [0.15, 0.2) is 29.2 Å². The minimum atomic E-state index is -3.60. The number of aliphatic carboxylic acids is 1. The summed E-state index contributed by atoms with van der Waals surface area (Å²) in [5.41, 5.74) is -0.318. The Morgan fingerprint density at radius 2 is 2.00 bits per heavy atom. The number of carboxylic acid groups (broad SMARTS) is 1. The molecule has 5 nitrogen and oxygen atoms in total. The van der Waals surface area contributed by atoms with E-state index in [4.69, 9.17) is 5.11 Å². The summed E-state index contributed by atoms with van der Waals surface area (Å²) < 4.78 is 26.3. The van der Waals surface area contributed by atoms with E-state index in [2.05, 4.69) is 0 Å². The van der Waals surface area contributed by atoms with Crippen molar-refractivity contribution in [1.82, 2.24) is 4.31 Å². The molecule has 1 aromatic rings. The Kier molecular flexibility index (Phi) is 3.40. The zero-order valence-electron chi connectivity index (χ0n) is 11.0. The van der Waals surface area contributed by atoms with Crippen molar-refractivity contribution >= 4 is 16.0 Å². The molecule has 1 atom stereocenters. The molecule has 2 rings (SSSR count). The maximum atomic E-state index is 12.5. The van der Waals surface area contributed by atoms with E-state index in [-0.39, 0.29) is 18.0 Å². The van der Waals surface area contributed by atoms with Gasteiger partial charge in [0.25, 0.3) is 0 Å². The third kappa shape index (κ3) is 2.37. The van der Waals surface area contributed by atoms with Gasteiger partial charge in [0.05, 0.1) is 10.3 Å². The summed E-state index contributed by atoms with van der Waals surface area (Å²) in [4.78, 5) is 11.4. The highest BCUT2D eigenvalue weighted by atomic mass is 32.2. The lowest BCUT2D eigenvalue weighted by atomic mass is 9.90. The topological polar surface area (TPSA) is 74.7 Å². The molecule has 1 heterocycles. The fourth-order valence-corrected chi connectivity index (χ4v) is 4.07. The van der Waals surface area contributed by atoms with Gasteiger partial charge >= 0.3 is 5.97 Å². The molecule has 0 saturated carbocycles. The van der Waals surface area contributed by atoms with Gasteiger partial charge in [-0.25, -0.2) is 8.42 Å². The first-order valence-corrected chi connectivity index (χ1v) is 7.50. The zero-order chi connectivity index (χ0) is 14.3. The summed E-state index contributed by atoms with van der Waals surface area (Å²) in [6.45, 7) is 3.60. The normalized spacial score (nSPS) is 24.5. The number of rotatable bonds is 3. The lowest BCUT2D eigenvalue weighted by Crippen LogP contribution is -2.35. The maximum Gasteiger partial charge on any atom is 0.310 e. The molecule has 1 saturated heterocycles. The third-order valence-electron chi connectivity index (χ3n) is 3.67. The van der Waals surface area contributed by atoms with Crippen molar-refractivity contribution in [3.63, 3.8) is 0 Å². The first-order valence-electron chi connectivity index (χ1n) is 6.06. The number of benzene rings is 1. The molecule has 6 heteroatoms. The smallest absolute Gasteiger partial charge is 0.310 e. The number of aryl methyl sites for hydroxylation is 1. The SMILES string of the molecule is Cc1ccccc1S(=O)(=O)N1CCC(C)(C(=O)O)C1. The first-order chi connectivity index (χ1) is 8.77. The van der Waals surface area contributed by atoms with E-state index >= 15 is 0 Å². The van der Waals surface area contributed by atoms with Gasteiger partial charge in [-0.05, 0) is 31.9 Å². The van der Waals surface area contributed by atoms with Gasteiger partial charge in [0.15, 0.2) is 0 Å². The van der Waals surface area contributed by atoms with Gasteiger partial charge in [0.1, 0.15) is 0 Å². The lowest BCUT2D eigenvalue weighted by Gasteiger charge is -2.20. The van der Waals surface area contributed by atoms with Gasteiger partial charge < -0.3 is 5.11 Å². The molecule has 1 aliphatic rings. The summed E-state index contributed by atoms with van der Waals surface area (Å²) >= 11 is 0. The van der Waals surface area contributed by atoms with Gasteiger partial charge in [0, 0.05) is 13.1 Å². The molecule has 104 valence electrons. The molecule has 1 unspecified atom stereocenters. The Morgan fingerprint density at radius 3 is 2.53 bits per heavy atom. The number of nitrogens with zero attached hydrogens (tertiary/aromatic N) is 1. The Balaban J connectivity index is 2.34. The summed E-state index contributed by atoms with van der Waals surface area (Å²) in [6.07, 6.45) is 0.341. The van der Waals surface area contributed by atoms with E-state index in [0.717, 1.165) is 0 Å². The van der Waals surface area contributed by atoms with Crippen LogP contribution in [0.1, 0.15) is 18.9 Å². The number of carboxylic acids is 1. The van der Waals surface area contributed by atoms with Crippen LogP contribution in [-0.2, 0) is 14.8 Å². The molecule has 0 amide bonds. The lowest BCUT2D eigenvalue weighted by molar-refractivity contribution is -0.146. The molecule has 0 aromatic heterocycles. The van der Waals surface area contributed by atoms with Crippen LogP contribution in [0, 0.1) is 12.3 Å². The molecular weight excluding hydrogens is 266 g/mol. The summed E-state index contributed by atoms with van der Waals surface area (Å²) in [6, 6.07) is 6.74. The largest absolute Gasteiger partial charge is 0.481 e. The van der Waals surface area contributed by atoms with E-state index in [1.807, 2.05) is 0 Å². The van der Waals surface area contributed by atoms with E-state index < -0.39 is 21.4 Å². The molecule has 0 aliphatic carbocycles.